The predicted molar refractivity (Wildman–Crippen MR) is 53.8 cm³/mol. The highest BCUT2D eigenvalue weighted by Crippen LogP contribution is 1.68. The van der Waals surface area contributed by atoms with Crippen LogP contribution in [0.2, 0.25) is 0 Å². The van der Waals surface area contributed by atoms with E-state index in [-0.39, 0.29) is 25.5 Å². The van der Waals surface area contributed by atoms with Gasteiger partial charge in [0.2, 0.25) is 17.7 Å². The van der Waals surface area contributed by atoms with E-state index in [4.69, 9.17) is 5.73 Å². The molecule has 0 bridgehead atoms. The van der Waals surface area contributed by atoms with E-state index in [1.807, 2.05) is 0 Å². The molecule has 0 radical (unpaired) electrons. The molecular weight excluding hydrogens is 200 g/mol. The molecule has 0 aliphatic heterocycles. The van der Waals surface area contributed by atoms with Gasteiger partial charge in [-0.1, -0.05) is 0 Å². The lowest BCUT2D eigenvalue weighted by Gasteiger charge is -2.05. The van der Waals surface area contributed by atoms with E-state index in [9.17, 15) is 14.4 Å². The van der Waals surface area contributed by atoms with E-state index in [0.717, 1.165) is 0 Å². The maximum absolute atomic E-state index is 11.0. The fourth-order valence-electron chi connectivity index (χ4n) is 0.752. The van der Waals surface area contributed by atoms with Crippen LogP contribution in [0.5, 0.6) is 0 Å². The zero-order valence-electron chi connectivity index (χ0n) is 8.63. The summed E-state index contributed by atoms with van der Waals surface area (Å²) in [5.74, 6) is -1.11. The number of amides is 3. The highest BCUT2D eigenvalue weighted by Gasteiger charge is 2.05. The summed E-state index contributed by atoms with van der Waals surface area (Å²) in [6, 6.07) is 0. The van der Waals surface area contributed by atoms with Gasteiger partial charge in [-0.25, -0.2) is 0 Å². The largest absolute Gasteiger partial charge is 0.355 e. The van der Waals surface area contributed by atoms with Gasteiger partial charge in [-0.2, -0.15) is 0 Å². The number of rotatable bonds is 6. The first-order valence-electron chi connectivity index (χ1n) is 4.60. The van der Waals surface area contributed by atoms with E-state index in [1.165, 1.54) is 0 Å². The molecule has 7 heteroatoms. The third-order valence-corrected chi connectivity index (χ3v) is 1.45. The van der Waals surface area contributed by atoms with E-state index in [1.54, 1.807) is 6.92 Å². The van der Waals surface area contributed by atoms with Crippen molar-refractivity contribution in [3.63, 3.8) is 0 Å². The van der Waals surface area contributed by atoms with Crippen molar-refractivity contribution in [3.05, 3.63) is 0 Å². The van der Waals surface area contributed by atoms with Crippen LogP contribution in [0, 0.1) is 0 Å². The number of carbonyl (C=O) groups excluding carboxylic acids is 3. The molecule has 0 rings (SSSR count). The van der Waals surface area contributed by atoms with Crippen LogP contribution in [0.3, 0.4) is 0 Å². The van der Waals surface area contributed by atoms with Crippen LogP contribution >= 0.6 is 0 Å². The van der Waals surface area contributed by atoms with Crippen molar-refractivity contribution in [3.8, 4) is 0 Å². The van der Waals surface area contributed by atoms with Crippen LogP contribution in [0.15, 0.2) is 0 Å². The topological polar surface area (TPSA) is 113 Å². The van der Waals surface area contributed by atoms with Crippen LogP contribution in [0.4, 0.5) is 0 Å². The summed E-state index contributed by atoms with van der Waals surface area (Å²) >= 11 is 0. The van der Waals surface area contributed by atoms with Crippen molar-refractivity contribution in [1.29, 1.82) is 0 Å². The van der Waals surface area contributed by atoms with Gasteiger partial charge in [0, 0.05) is 6.54 Å². The molecular formula is C8H16N4O3. The highest BCUT2D eigenvalue weighted by atomic mass is 16.2. The Morgan fingerprint density at radius 3 is 1.87 bits per heavy atom. The minimum Gasteiger partial charge on any atom is -0.355 e. The van der Waals surface area contributed by atoms with Gasteiger partial charge >= 0.3 is 0 Å². The van der Waals surface area contributed by atoms with Crippen molar-refractivity contribution in [2.75, 3.05) is 26.2 Å². The maximum atomic E-state index is 11.0. The zero-order valence-corrected chi connectivity index (χ0v) is 8.63. The van der Waals surface area contributed by atoms with Crippen molar-refractivity contribution < 1.29 is 14.4 Å². The normalized spacial score (nSPS) is 9.20. The summed E-state index contributed by atoms with van der Waals surface area (Å²) < 4.78 is 0. The van der Waals surface area contributed by atoms with Crippen LogP contribution in [0.25, 0.3) is 0 Å². The summed E-state index contributed by atoms with van der Waals surface area (Å²) in [4.78, 5) is 32.6. The summed E-state index contributed by atoms with van der Waals surface area (Å²) in [6.07, 6.45) is 0. The molecule has 0 aromatic heterocycles. The Morgan fingerprint density at radius 2 is 1.40 bits per heavy atom. The highest BCUT2D eigenvalue weighted by molar-refractivity contribution is 5.88. The Labute approximate surface area is 87.8 Å². The molecule has 0 spiro atoms. The predicted octanol–water partition coefficient (Wildman–Crippen LogP) is -2.69. The number of likely N-dealkylation sites (N-methyl/N-ethyl adjacent to an activating group) is 1. The molecule has 0 saturated carbocycles. The second-order valence-corrected chi connectivity index (χ2v) is 2.71. The van der Waals surface area contributed by atoms with E-state index in [2.05, 4.69) is 16.0 Å². The third kappa shape index (κ3) is 7.44. The van der Waals surface area contributed by atoms with E-state index >= 15 is 0 Å². The average molecular weight is 216 g/mol. The molecule has 0 aromatic rings. The number of carbonyl (C=O) groups is 3. The molecule has 86 valence electrons. The van der Waals surface area contributed by atoms with E-state index < -0.39 is 11.8 Å². The molecule has 0 fully saturated rings. The Morgan fingerprint density at radius 1 is 0.933 bits per heavy atom. The first-order chi connectivity index (χ1) is 7.10. The van der Waals surface area contributed by atoms with Crippen LogP contribution in [-0.2, 0) is 14.4 Å². The fourth-order valence-corrected chi connectivity index (χ4v) is 0.752. The second-order valence-electron chi connectivity index (χ2n) is 2.71. The van der Waals surface area contributed by atoms with Crippen molar-refractivity contribution in [1.82, 2.24) is 16.0 Å². The first kappa shape index (κ1) is 13.4. The van der Waals surface area contributed by atoms with E-state index in [0.29, 0.717) is 6.54 Å². The van der Waals surface area contributed by atoms with Crippen molar-refractivity contribution >= 4 is 17.7 Å². The molecule has 3 amide bonds. The minimum absolute atomic E-state index is 0.0921. The monoisotopic (exact) mass is 216 g/mol. The first-order valence-corrected chi connectivity index (χ1v) is 4.60. The lowest BCUT2D eigenvalue weighted by Crippen LogP contribution is -2.43. The summed E-state index contributed by atoms with van der Waals surface area (Å²) in [5, 5.41) is 7.14. The molecule has 0 aliphatic carbocycles. The number of hydrogen-bond donors (Lipinski definition) is 4. The molecule has 15 heavy (non-hydrogen) atoms. The van der Waals surface area contributed by atoms with Gasteiger partial charge in [0.15, 0.2) is 0 Å². The molecule has 0 atom stereocenters. The van der Waals surface area contributed by atoms with Gasteiger partial charge in [-0.05, 0) is 6.92 Å². The Balaban J connectivity index is 3.57. The molecule has 0 unspecified atom stereocenters. The maximum Gasteiger partial charge on any atom is 0.239 e. The molecule has 7 nitrogen and oxygen atoms in total. The Kier molecular flexibility index (Phi) is 6.90. The van der Waals surface area contributed by atoms with Gasteiger partial charge in [0.05, 0.1) is 19.6 Å². The quantitative estimate of drug-likeness (QED) is 0.387. The lowest BCUT2D eigenvalue weighted by atomic mass is 10.5. The van der Waals surface area contributed by atoms with Gasteiger partial charge in [0.1, 0.15) is 0 Å². The molecule has 5 N–H and O–H groups in total. The zero-order chi connectivity index (χ0) is 11.7. The number of nitrogens with two attached hydrogens (primary N) is 1. The Hall–Kier alpha value is -1.63. The summed E-state index contributed by atoms with van der Waals surface area (Å²) in [7, 11) is 0. The van der Waals surface area contributed by atoms with Gasteiger partial charge in [0.25, 0.3) is 0 Å². The standard InChI is InChI=1S/C8H16N4O3/c1-2-10-7(14)4-12-8(15)5-11-6(13)3-9/h2-5,9H2,1H3,(H,10,14)(H,11,13)(H,12,15). The number of hydrogen-bond acceptors (Lipinski definition) is 4. The van der Waals surface area contributed by atoms with Gasteiger partial charge < -0.3 is 21.7 Å². The minimum atomic E-state index is -0.428. The lowest BCUT2D eigenvalue weighted by molar-refractivity contribution is -0.127. The van der Waals surface area contributed by atoms with Crippen molar-refractivity contribution in [2.45, 2.75) is 6.92 Å². The second kappa shape index (κ2) is 7.74. The smallest absolute Gasteiger partial charge is 0.239 e. The van der Waals surface area contributed by atoms with Gasteiger partial charge in [-0.15, -0.1) is 0 Å². The fraction of sp³-hybridized carbons (Fsp3) is 0.625. The van der Waals surface area contributed by atoms with Gasteiger partial charge in [-0.3, -0.25) is 14.4 Å². The number of nitrogens with one attached hydrogen (secondary N) is 3. The van der Waals surface area contributed by atoms with Crippen LogP contribution in [0.1, 0.15) is 6.92 Å². The Bertz CT molecular complexity index is 242. The van der Waals surface area contributed by atoms with Crippen LogP contribution < -0.4 is 21.7 Å². The van der Waals surface area contributed by atoms with Crippen LogP contribution in [-0.4, -0.2) is 43.9 Å². The molecule has 0 heterocycles. The SMILES string of the molecule is CCNC(=O)CNC(=O)CNC(=O)CN. The summed E-state index contributed by atoms with van der Waals surface area (Å²) in [6.45, 7) is 1.87. The van der Waals surface area contributed by atoms with Crippen molar-refractivity contribution in [2.24, 2.45) is 5.73 Å². The molecule has 0 aromatic carbocycles. The molecule has 0 aliphatic rings. The average Bonchev–Trinajstić information content (AvgIpc) is 2.23. The third-order valence-electron chi connectivity index (χ3n) is 1.45. The summed E-state index contributed by atoms with van der Waals surface area (Å²) in [5.41, 5.74) is 5.01. The molecule has 0 saturated heterocycles.